The van der Waals surface area contributed by atoms with Crippen molar-refractivity contribution in [2.45, 2.75) is 19.3 Å². The lowest BCUT2D eigenvalue weighted by atomic mass is 9.80. The van der Waals surface area contributed by atoms with E-state index < -0.39 is 0 Å². The molecule has 0 N–H and O–H groups in total. The number of fused-ring (bicyclic) bond motifs is 4. The molecule has 9 rings (SSSR count). The van der Waals surface area contributed by atoms with Crippen LogP contribution in [0.15, 0.2) is 164 Å². The summed E-state index contributed by atoms with van der Waals surface area (Å²) < 4.78 is 0. The van der Waals surface area contributed by atoms with E-state index in [-0.39, 0.29) is 5.41 Å². The molecule has 3 nitrogen and oxygen atoms in total. The summed E-state index contributed by atoms with van der Waals surface area (Å²) >= 11 is 0. The predicted octanol–water partition coefficient (Wildman–Crippen LogP) is 11.7. The van der Waals surface area contributed by atoms with E-state index in [0.29, 0.717) is 17.5 Å². The highest BCUT2D eigenvalue weighted by Crippen LogP contribution is 2.54. The smallest absolute Gasteiger partial charge is 0.164 e. The van der Waals surface area contributed by atoms with E-state index in [9.17, 15) is 0 Å². The molecule has 0 spiro atoms. The predicted molar refractivity (Wildman–Crippen MR) is 202 cm³/mol. The van der Waals surface area contributed by atoms with Gasteiger partial charge in [0.1, 0.15) is 0 Å². The van der Waals surface area contributed by atoms with Crippen LogP contribution in [0, 0.1) is 0 Å². The largest absolute Gasteiger partial charge is 0.208 e. The van der Waals surface area contributed by atoms with Gasteiger partial charge in [0.2, 0.25) is 0 Å². The van der Waals surface area contributed by atoms with E-state index in [4.69, 9.17) is 15.0 Å². The number of rotatable bonds is 5. The van der Waals surface area contributed by atoms with Gasteiger partial charge in [0.05, 0.1) is 0 Å². The number of hydrogen-bond donors (Lipinski definition) is 0. The summed E-state index contributed by atoms with van der Waals surface area (Å²) in [6, 6.07) is 57.9. The Balaban J connectivity index is 1.10. The van der Waals surface area contributed by atoms with E-state index in [1.165, 1.54) is 49.7 Å². The lowest BCUT2D eigenvalue weighted by Gasteiger charge is -2.23. The lowest BCUT2D eigenvalue weighted by Crippen LogP contribution is -2.14. The van der Waals surface area contributed by atoms with Gasteiger partial charge in [0.15, 0.2) is 17.5 Å². The van der Waals surface area contributed by atoms with Crippen LogP contribution in [-0.4, -0.2) is 15.0 Å². The number of nitrogens with zero attached hydrogens (tertiary/aromatic N) is 3. The van der Waals surface area contributed by atoms with Gasteiger partial charge < -0.3 is 0 Å². The van der Waals surface area contributed by atoms with Crippen molar-refractivity contribution in [3.05, 3.63) is 175 Å². The molecule has 232 valence electrons. The topological polar surface area (TPSA) is 38.7 Å². The first-order valence-corrected chi connectivity index (χ1v) is 16.8. The van der Waals surface area contributed by atoms with E-state index in [0.717, 1.165) is 22.3 Å². The van der Waals surface area contributed by atoms with Crippen molar-refractivity contribution in [3.63, 3.8) is 0 Å². The van der Waals surface area contributed by atoms with Gasteiger partial charge in [-0.15, -0.1) is 0 Å². The van der Waals surface area contributed by atoms with Crippen LogP contribution < -0.4 is 0 Å². The maximum atomic E-state index is 4.90. The highest BCUT2D eigenvalue weighted by Gasteiger charge is 2.37. The monoisotopic (exact) mass is 627 g/mol. The first kappa shape index (κ1) is 29.0. The number of hydrogen-bond acceptors (Lipinski definition) is 3. The van der Waals surface area contributed by atoms with Crippen LogP contribution in [0.2, 0.25) is 0 Å². The molecule has 1 aliphatic rings. The molecular formula is C46H33N3. The van der Waals surface area contributed by atoms with Gasteiger partial charge in [-0.1, -0.05) is 172 Å². The lowest BCUT2D eigenvalue weighted by molar-refractivity contribution is 0.661. The third-order valence-electron chi connectivity index (χ3n) is 9.94. The highest BCUT2D eigenvalue weighted by atomic mass is 15.0. The van der Waals surface area contributed by atoms with Crippen molar-refractivity contribution in [1.29, 1.82) is 0 Å². The van der Waals surface area contributed by atoms with Crippen molar-refractivity contribution in [2.24, 2.45) is 0 Å². The minimum Gasteiger partial charge on any atom is -0.208 e. The Hall–Kier alpha value is -6.19. The van der Waals surface area contributed by atoms with Gasteiger partial charge in [-0.2, -0.15) is 0 Å². The van der Waals surface area contributed by atoms with Crippen LogP contribution in [0.1, 0.15) is 25.0 Å². The molecule has 0 saturated heterocycles. The van der Waals surface area contributed by atoms with Crippen LogP contribution in [0.5, 0.6) is 0 Å². The fourth-order valence-electron chi connectivity index (χ4n) is 7.39. The molecule has 0 unspecified atom stereocenters. The molecule has 49 heavy (non-hydrogen) atoms. The van der Waals surface area contributed by atoms with Gasteiger partial charge in [-0.25, -0.2) is 15.0 Å². The zero-order valence-electron chi connectivity index (χ0n) is 27.4. The quantitative estimate of drug-likeness (QED) is 0.191. The van der Waals surface area contributed by atoms with E-state index in [1.54, 1.807) is 0 Å². The van der Waals surface area contributed by atoms with Crippen molar-refractivity contribution < 1.29 is 0 Å². The summed E-state index contributed by atoms with van der Waals surface area (Å²) in [6.45, 7) is 4.70. The summed E-state index contributed by atoms with van der Waals surface area (Å²) in [5.74, 6) is 1.98. The maximum Gasteiger partial charge on any atom is 0.164 e. The Bertz CT molecular complexity index is 2420. The average Bonchev–Trinajstić information content (AvgIpc) is 3.40. The molecule has 0 bridgehead atoms. The molecule has 0 fully saturated rings. The fraction of sp³-hybridized carbons (Fsp3) is 0.0652. The Morgan fingerprint density at radius 1 is 0.367 bits per heavy atom. The Morgan fingerprint density at radius 3 is 1.41 bits per heavy atom. The Kier molecular flexibility index (Phi) is 6.80. The summed E-state index contributed by atoms with van der Waals surface area (Å²) in [5, 5.41) is 2.56. The normalized spacial score (nSPS) is 12.9. The molecule has 1 aliphatic carbocycles. The van der Waals surface area contributed by atoms with Crippen LogP contribution in [-0.2, 0) is 5.41 Å². The SMILES string of the molecule is CC1(C)c2ccccc2-c2c1cc1ccccc1c2-c1ccc(-c2ccc(-c3nc(-c4ccccc4)nc(-c4ccccc4)n3)cc2)cc1. The van der Waals surface area contributed by atoms with Crippen molar-refractivity contribution in [1.82, 2.24) is 15.0 Å². The third-order valence-corrected chi connectivity index (χ3v) is 9.94. The number of aromatic nitrogens is 3. The number of benzene rings is 7. The zero-order chi connectivity index (χ0) is 33.0. The Morgan fingerprint density at radius 2 is 0.816 bits per heavy atom. The molecule has 3 heteroatoms. The van der Waals surface area contributed by atoms with Crippen LogP contribution in [0.4, 0.5) is 0 Å². The standard InChI is InChI=1S/C46H33N3/c1-46(2)39-20-12-11-19-38(39)42-40(46)29-36-17-9-10-18-37(36)41(42)32-25-21-30(22-26-32)31-23-27-35(28-24-31)45-48-43(33-13-5-3-6-14-33)47-44(49-45)34-15-7-4-8-16-34/h3-29H,1-2H3. The third kappa shape index (κ3) is 4.94. The van der Waals surface area contributed by atoms with Crippen molar-refractivity contribution in [2.75, 3.05) is 0 Å². The fourth-order valence-corrected chi connectivity index (χ4v) is 7.39. The second kappa shape index (κ2) is 11.5. The van der Waals surface area contributed by atoms with E-state index in [1.807, 2.05) is 60.7 Å². The van der Waals surface area contributed by atoms with Crippen molar-refractivity contribution >= 4 is 10.8 Å². The van der Waals surface area contributed by atoms with Crippen LogP contribution in [0.3, 0.4) is 0 Å². The molecule has 0 saturated carbocycles. The van der Waals surface area contributed by atoms with Gasteiger partial charge in [-0.05, 0) is 61.3 Å². The van der Waals surface area contributed by atoms with Gasteiger partial charge in [-0.3, -0.25) is 0 Å². The second-order valence-electron chi connectivity index (χ2n) is 13.3. The van der Waals surface area contributed by atoms with Gasteiger partial charge in [0.25, 0.3) is 0 Å². The first-order valence-electron chi connectivity index (χ1n) is 16.8. The average molecular weight is 628 g/mol. The first-order chi connectivity index (χ1) is 24.0. The van der Waals surface area contributed by atoms with Crippen molar-refractivity contribution in [3.8, 4) is 67.5 Å². The summed E-state index contributed by atoms with van der Waals surface area (Å²) in [5.41, 5.74) is 13.1. The molecule has 7 aromatic carbocycles. The van der Waals surface area contributed by atoms with E-state index >= 15 is 0 Å². The molecule has 0 radical (unpaired) electrons. The highest BCUT2D eigenvalue weighted by molar-refractivity contribution is 6.08. The van der Waals surface area contributed by atoms with E-state index in [2.05, 4.69) is 117 Å². The zero-order valence-corrected chi connectivity index (χ0v) is 27.4. The maximum absolute atomic E-state index is 4.90. The minimum absolute atomic E-state index is 0.0609. The summed E-state index contributed by atoms with van der Waals surface area (Å²) in [4.78, 5) is 14.6. The molecule has 0 atom stereocenters. The molecular weight excluding hydrogens is 595 g/mol. The summed E-state index contributed by atoms with van der Waals surface area (Å²) in [6.07, 6.45) is 0. The van der Waals surface area contributed by atoms with Gasteiger partial charge in [0, 0.05) is 22.1 Å². The molecule has 0 amide bonds. The van der Waals surface area contributed by atoms with Gasteiger partial charge >= 0.3 is 0 Å². The van der Waals surface area contributed by atoms with Crippen LogP contribution >= 0.6 is 0 Å². The molecule has 1 aromatic heterocycles. The van der Waals surface area contributed by atoms with Crippen LogP contribution in [0.25, 0.3) is 78.3 Å². The molecule has 1 heterocycles. The Labute approximate surface area is 286 Å². The summed E-state index contributed by atoms with van der Waals surface area (Å²) in [7, 11) is 0. The molecule has 0 aliphatic heterocycles. The second-order valence-corrected chi connectivity index (χ2v) is 13.3. The minimum atomic E-state index is -0.0609. The molecule has 8 aromatic rings.